The van der Waals surface area contributed by atoms with Gasteiger partial charge in [-0.15, -0.1) is 0 Å². The molecule has 10 heterocycles. The fourth-order valence-electron chi connectivity index (χ4n) is 19.9. The van der Waals surface area contributed by atoms with Gasteiger partial charge in [-0.05, 0) is 0 Å². The van der Waals surface area contributed by atoms with E-state index in [1.54, 1.807) is 25.7 Å². The van der Waals surface area contributed by atoms with Crippen molar-refractivity contribution in [3.8, 4) is 0 Å². The van der Waals surface area contributed by atoms with Crippen LogP contribution in [0.5, 0.6) is 0 Å². The number of unbranched alkanes of at least 4 members (excludes halogenated alkanes) is 2. The van der Waals surface area contributed by atoms with Crippen LogP contribution in [-0.4, -0.2) is 0 Å². The minimum atomic E-state index is -2.81. The van der Waals surface area contributed by atoms with Gasteiger partial charge in [-0.3, -0.25) is 0 Å². The van der Waals surface area contributed by atoms with Crippen LogP contribution in [0.15, 0.2) is 0 Å². The summed E-state index contributed by atoms with van der Waals surface area (Å²) in [5.41, 5.74) is 0. The molecule has 1 spiro atoms. The van der Waals surface area contributed by atoms with E-state index in [0.717, 1.165) is 0 Å². The third kappa shape index (κ3) is 0.0711. The fraction of sp³-hybridized carbons (Fsp3) is 1.00. The zero-order valence-electron chi connectivity index (χ0n) is 11.5. The molecule has 0 N–H and O–H groups in total. The van der Waals surface area contributed by atoms with Gasteiger partial charge in [-0.1, -0.05) is 0 Å². The van der Waals surface area contributed by atoms with E-state index in [9.17, 15) is 0 Å². The third-order valence-electron chi connectivity index (χ3n) is 17.2. The fourth-order valence-corrected chi connectivity index (χ4v) is 98.8. The van der Waals surface area contributed by atoms with Gasteiger partial charge in [0, 0.05) is 0 Å². The van der Waals surface area contributed by atoms with Crippen LogP contribution >= 0.6 is 0 Å². The SMILES string of the molecule is CCCCC[C]12[CH]3[CH]4[CH]5[C]1(CC)[Fe]45321678[CH]2[CH]1[CH]6[CH]7[CH]28. The first kappa shape index (κ1) is 7.51. The standard InChI is InChI=1S/C12H19.C5H5.Fe/c1-3-5-6-8-12-10-7-9-11(12)4-2;1-2-4-5-3-1;/h7,9-10H,3-6,8H2,1-2H3;1-5H;. The summed E-state index contributed by atoms with van der Waals surface area (Å²) in [6, 6.07) is 0. The number of hydrogen-bond donors (Lipinski definition) is 0. The molecule has 0 saturated carbocycles. The van der Waals surface area contributed by atoms with Gasteiger partial charge in [0.05, 0.1) is 0 Å². The summed E-state index contributed by atoms with van der Waals surface area (Å²) < 4.78 is 2.37. The predicted octanol–water partition coefficient (Wildman–Crippen LogP) is 6.11. The zero-order valence-corrected chi connectivity index (χ0v) is 12.6. The molecular formula is C17H24Fe. The van der Waals surface area contributed by atoms with Crippen LogP contribution in [0.4, 0.5) is 0 Å². The van der Waals surface area contributed by atoms with Crippen molar-refractivity contribution < 1.29 is 6.51 Å². The molecule has 10 saturated heterocycles. The van der Waals surface area contributed by atoms with Gasteiger partial charge in [0.1, 0.15) is 0 Å². The molecule has 10 aliphatic rings. The Hall–Kier alpha value is 0.519. The molecule has 18 heavy (non-hydrogen) atoms. The molecule has 10 rings (SSSR count). The van der Waals surface area contributed by atoms with Crippen molar-refractivity contribution in [2.45, 2.75) is 93.1 Å². The van der Waals surface area contributed by atoms with Crippen molar-refractivity contribution >= 4 is 0 Å². The van der Waals surface area contributed by atoms with Crippen LogP contribution in [0.3, 0.4) is 0 Å². The van der Waals surface area contributed by atoms with E-state index in [2.05, 4.69) is 13.8 Å². The second kappa shape index (κ2) is 0.639. The van der Waals surface area contributed by atoms with Crippen LogP contribution in [0.2, 0.25) is 47.2 Å². The number of fused-ring (bicyclic) bond motifs is 10. The molecular weight excluding hydrogens is 260 g/mol. The van der Waals surface area contributed by atoms with Crippen LogP contribution < -0.4 is 0 Å². The Morgan fingerprint density at radius 3 is 1.78 bits per heavy atom. The van der Waals surface area contributed by atoms with Gasteiger partial charge >= 0.3 is 99.6 Å². The Kier molecular flexibility index (Phi) is 0.266. The summed E-state index contributed by atoms with van der Waals surface area (Å²) in [5, 5.41) is 0. The van der Waals surface area contributed by atoms with Crippen molar-refractivity contribution in [1.29, 1.82) is 0 Å². The summed E-state index contributed by atoms with van der Waals surface area (Å²) in [6.45, 7) is 2.23. The van der Waals surface area contributed by atoms with Crippen molar-refractivity contribution in [3.05, 3.63) is 0 Å². The average Bonchev–Trinajstić information content (AvgIpc) is 3.33. The van der Waals surface area contributed by atoms with Crippen LogP contribution in [-0.2, 0) is 6.51 Å². The summed E-state index contributed by atoms with van der Waals surface area (Å²) >= 11 is 0. The number of rotatable bonds is 5. The topological polar surface area (TPSA) is 0 Å². The van der Waals surface area contributed by atoms with E-state index in [1.165, 1.54) is 53.6 Å². The van der Waals surface area contributed by atoms with E-state index in [1.807, 2.05) is 0 Å². The molecule has 0 amide bonds. The Morgan fingerprint density at radius 1 is 0.778 bits per heavy atom. The van der Waals surface area contributed by atoms with Gasteiger partial charge in [0.2, 0.25) is 0 Å². The molecule has 0 aromatic carbocycles. The second-order valence-electron chi connectivity index (χ2n) is 11.9. The summed E-state index contributed by atoms with van der Waals surface area (Å²) in [7, 11) is 0. The van der Waals surface area contributed by atoms with Gasteiger partial charge < -0.3 is 0 Å². The van der Waals surface area contributed by atoms with Gasteiger partial charge in [-0.2, -0.15) is 0 Å². The molecule has 5 unspecified atom stereocenters. The first-order valence-electron chi connectivity index (χ1n) is 8.77. The van der Waals surface area contributed by atoms with E-state index >= 15 is 0 Å². The second-order valence-corrected chi connectivity index (χ2v) is 35.3. The Balaban J connectivity index is 1.45. The molecule has 10 fully saturated rings. The minimum absolute atomic E-state index is 1.18. The molecule has 0 aliphatic carbocycles. The van der Waals surface area contributed by atoms with Crippen LogP contribution in [0.25, 0.3) is 0 Å². The maximum absolute atomic E-state index is 2.81. The molecule has 10 aliphatic heterocycles. The predicted molar refractivity (Wildman–Crippen MR) is 69.8 cm³/mol. The van der Waals surface area contributed by atoms with E-state index in [-0.39, 0.29) is 0 Å². The van der Waals surface area contributed by atoms with Gasteiger partial charge in [0.25, 0.3) is 0 Å². The van der Waals surface area contributed by atoms with Crippen LogP contribution in [0.1, 0.15) is 46.0 Å². The van der Waals surface area contributed by atoms with Crippen molar-refractivity contribution in [3.63, 3.8) is 0 Å². The Labute approximate surface area is 99.6 Å². The molecule has 0 nitrogen and oxygen atoms in total. The normalized spacial score (nSPS) is 117. The molecule has 100 valence electrons. The molecule has 0 bridgehead atoms. The van der Waals surface area contributed by atoms with E-state index in [4.69, 9.17) is 0 Å². The van der Waals surface area contributed by atoms with Crippen molar-refractivity contribution in [1.82, 2.24) is 0 Å². The molecule has 0 radical (unpaired) electrons. The van der Waals surface area contributed by atoms with E-state index < -0.39 is 6.51 Å². The molecule has 0 aromatic rings. The summed E-state index contributed by atoms with van der Waals surface area (Å²) in [4.78, 5) is 12.3. The molecule has 1 heteroatoms. The first-order chi connectivity index (χ1) is 8.56. The van der Waals surface area contributed by atoms with Crippen LogP contribution in [0, 0.1) is 0 Å². The maximum atomic E-state index is 2.64. The van der Waals surface area contributed by atoms with Crippen molar-refractivity contribution in [2.75, 3.05) is 0 Å². The summed E-state index contributed by atoms with van der Waals surface area (Å²) in [5.74, 6) is 0. The average molecular weight is 284 g/mol. The van der Waals surface area contributed by atoms with Gasteiger partial charge in [0.15, 0.2) is 0 Å². The van der Waals surface area contributed by atoms with Crippen molar-refractivity contribution in [2.24, 2.45) is 0 Å². The quantitative estimate of drug-likeness (QED) is 0.422. The van der Waals surface area contributed by atoms with Gasteiger partial charge in [-0.25, -0.2) is 0 Å². The monoisotopic (exact) mass is 284 g/mol. The number of hydrogen-bond acceptors (Lipinski definition) is 0. The first-order valence-corrected chi connectivity index (χ1v) is 15.0. The molecule has 5 atom stereocenters. The molecule has 0 aromatic heterocycles. The van der Waals surface area contributed by atoms with E-state index in [0.29, 0.717) is 0 Å². The Bertz CT molecular complexity index is 945. The summed E-state index contributed by atoms with van der Waals surface area (Å²) in [6.07, 6.45) is 8.08. The zero-order chi connectivity index (χ0) is 11.5. The Morgan fingerprint density at radius 2 is 1.39 bits per heavy atom. The third-order valence-corrected chi connectivity index (χ3v) is 61.4.